The molecule has 3 N–H and O–H groups in total. The molecule has 0 radical (unpaired) electrons. The van der Waals surface area contributed by atoms with Crippen LogP contribution in [-0.4, -0.2) is 37.5 Å². The second-order valence-electron chi connectivity index (χ2n) is 7.30. The predicted octanol–water partition coefficient (Wildman–Crippen LogP) is 1.04. The molecule has 1 unspecified atom stereocenters. The Labute approximate surface area is 155 Å². The average Bonchev–Trinajstić information content (AvgIpc) is 2.62. The molecule has 1 aromatic rings. The molecule has 0 spiro atoms. The number of amides is 2. The molecule has 0 aliphatic heterocycles. The van der Waals surface area contributed by atoms with Crippen LogP contribution in [0.2, 0.25) is 0 Å². The van der Waals surface area contributed by atoms with Crippen molar-refractivity contribution >= 4 is 11.8 Å². The maximum atomic E-state index is 12.9. The molecule has 0 saturated heterocycles. The van der Waals surface area contributed by atoms with Crippen molar-refractivity contribution in [3.05, 3.63) is 35.6 Å². The Bertz CT molecular complexity index is 591. The number of likely N-dealkylation sites (N-methyl/N-ethyl adjacent to an activating group) is 1. The molecule has 0 bridgehead atoms. The first-order chi connectivity index (χ1) is 12.5. The SMILES string of the molecule is CC[NH+](CC(=O)NCc1ccc(F)cc1)CC(=O)N[C@H]1CCCC[C@@H]1C. The third kappa shape index (κ3) is 6.75. The fourth-order valence-electron chi connectivity index (χ4n) is 3.42. The molecule has 1 aliphatic carbocycles. The van der Waals surface area contributed by atoms with Crippen molar-refractivity contribution < 1.29 is 18.9 Å². The molecule has 2 amide bonds. The van der Waals surface area contributed by atoms with Gasteiger partial charge < -0.3 is 15.5 Å². The maximum absolute atomic E-state index is 12.9. The predicted molar refractivity (Wildman–Crippen MR) is 99.0 cm³/mol. The van der Waals surface area contributed by atoms with Gasteiger partial charge in [0, 0.05) is 12.6 Å². The van der Waals surface area contributed by atoms with Gasteiger partial charge in [0.2, 0.25) is 0 Å². The van der Waals surface area contributed by atoms with Crippen molar-refractivity contribution in [1.82, 2.24) is 10.6 Å². The third-order valence-electron chi connectivity index (χ3n) is 5.18. The lowest BCUT2D eigenvalue weighted by atomic mass is 9.86. The molecule has 144 valence electrons. The van der Waals surface area contributed by atoms with Gasteiger partial charge in [-0.25, -0.2) is 4.39 Å². The van der Waals surface area contributed by atoms with E-state index in [0.29, 0.717) is 25.6 Å². The number of halogens is 1. The van der Waals surface area contributed by atoms with Crippen LogP contribution in [0.4, 0.5) is 4.39 Å². The molecule has 26 heavy (non-hydrogen) atoms. The maximum Gasteiger partial charge on any atom is 0.275 e. The lowest BCUT2D eigenvalue weighted by molar-refractivity contribution is -0.881. The molecule has 1 fully saturated rings. The standard InChI is InChI=1S/C20H30FN3O2/c1-3-24(14-20(26)23-18-7-5-4-6-15(18)2)13-19(25)22-12-16-8-10-17(21)11-9-16/h8-11,15,18H,3-7,12-14H2,1-2H3,(H,22,25)(H,23,26)/p+1/t15-,18-/m0/s1. The summed E-state index contributed by atoms with van der Waals surface area (Å²) in [6, 6.07) is 6.32. The average molecular weight is 364 g/mol. The van der Waals surface area contributed by atoms with Gasteiger partial charge in [0.1, 0.15) is 5.82 Å². The Hall–Kier alpha value is -1.95. The van der Waals surface area contributed by atoms with Crippen LogP contribution in [0.25, 0.3) is 0 Å². The first-order valence-corrected chi connectivity index (χ1v) is 9.62. The fourth-order valence-corrected chi connectivity index (χ4v) is 3.42. The fraction of sp³-hybridized carbons (Fsp3) is 0.600. The van der Waals surface area contributed by atoms with Crippen LogP contribution in [0.5, 0.6) is 0 Å². The quantitative estimate of drug-likeness (QED) is 0.646. The Balaban J connectivity index is 1.73. The molecule has 2 rings (SSSR count). The Morgan fingerprint density at radius 3 is 2.42 bits per heavy atom. The zero-order valence-corrected chi connectivity index (χ0v) is 15.8. The second-order valence-corrected chi connectivity index (χ2v) is 7.30. The lowest BCUT2D eigenvalue weighted by Crippen LogP contribution is -3.14. The lowest BCUT2D eigenvalue weighted by Gasteiger charge is -2.29. The molecule has 3 atom stereocenters. The van der Waals surface area contributed by atoms with E-state index in [1.807, 2.05) is 6.92 Å². The van der Waals surface area contributed by atoms with E-state index < -0.39 is 0 Å². The molecule has 1 aromatic carbocycles. The Morgan fingerprint density at radius 2 is 1.77 bits per heavy atom. The van der Waals surface area contributed by atoms with Gasteiger partial charge in [-0.1, -0.05) is 31.9 Å². The van der Waals surface area contributed by atoms with E-state index in [4.69, 9.17) is 0 Å². The molecule has 0 aromatic heterocycles. The molecular formula is C20H31FN3O2+. The number of rotatable bonds is 8. The van der Waals surface area contributed by atoms with Crippen LogP contribution in [0, 0.1) is 11.7 Å². The van der Waals surface area contributed by atoms with Crippen LogP contribution in [0.1, 0.15) is 45.1 Å². The van der Waals surface area contributed by atoms with E-state index >= 15 is 0 Å². The number of carbonyl (C=O) groups is 2. The largest absolute Gasteiger partial charge is 0.348 e. The van der Waals surface area contributed by atoms with E-state index in [1.165, 1.54) is 31.4 Å². The van der Waals surface area contributed by atoms with Crippen molar-refractivity contribution in [3.8, 4) is 0 Å². The van der Waals surface area contributed by atoms with E-state index in [9.17, 15) is 14.0 Å². The van der Waals surface area contributed by atoms with E-state index in [0.717, 1.165) is 16.9 Å². The van der Waals surface area contributed by atoms with Crippen LogP contribution in [0.15, 0.2) is 24.3 Å². The number of nitrogens with one attached hydrogen (secondary N) is 3. The van der Waals surface area contributed by atoms with Gasteiger partial charge in [-0.15, -0.1) is 0 Å². The van der Waals surface area contributed by atoms with Gasteiger partial charge in [0.15, 0.2) is 13.1 Å². The van der Waals surface area contributed by atoms with Gasteiger partial charge in [-0.05, 0) is 43.4 Å². The molecule has 1 aliphatic rings. The molecular weight excluding hydrogens is 333 g/mol. The Kier molecular flexibility index (Phi) is 8.04. The highest BCUT2D eigenvalue weighted by atomic mass is 19.1. The zero-order valence-electron chi connectivity index (χ0n) is 15.8. The summed E-state index contributed by atoms with van der Waals surface area (Å²) in [6.07, 6.45) is 4.63. The summed E-state index contributed by atoms with van der Waals surface area (Å²) >= 11 is 0. The minimum Gasteiger partial charge on any atom is -0.348 e. The normalized spacial score (nSPS) is 21.0. The van der Waals surface area contributed by atoms with Crippen LogP contribution >= 0.6 is 0 Å². The van der Waals surface area contributed by atoms with Gasteiger partial charge in [-0.3, -0.25) is 9.59 Å². The minimum atomic E-state index is -0.292. The molecule has 5 nitrogen and oxygen atoms in total. The highest BCUT2D eigenvalue weighted by Gasteiger charge is 2.24. The summed E-state index contributed by atoms with van der Waals surface area (Å²) in [7, 11) is 0. The van der Waals surface area contributed by atoms with Crippen molar-refractivity contribution in [1.29, 1.82) is 0 Å². The second kappa shape index (κ2) is 10.3. The van der Waals surface area contributed by atoms with E-state index in [2.05, 4.69) is 17.6 Å². The van der Waals surface area contributed by atoms with Gasteiger partial charge >= 0.3 is 0 Å². The zero-order chi connectivity index (χ0) is 18.9. The summed E-state index contributed by atoms with van der Waals surface area (Å²) in [5.74, 6) is 0.147. The summed E-state index contributed by atoms with van der Waals surface area (Å²) < 4.78 is 12.9. The molecule has 1 saturated carbocycles. The molecule has 6 heteroatoms. The van der Waals surface area contributed by atoms with E-state index in [-0.39, 0.29) is 30.2 Å². The first kappa shape index (κ1) is 20.4. The van der Waals surface area contributed by atoms with Crippen molar-refractivity contribution in [2.45, 2.75) is 52.1 Å². The first-order valence-electron chi connectivity index (χ1n) is 9.62. The summed E-state index contributed by atoms with van der Waals surface area (Å²) in [5.41, 5.74) is 0.849. The highest BCUT2D eigenvalue weighted by molar-refractivity contribution is 5.79. The third-order valence-corrected chi connectivity index (χ3v) is 5.18. The van der Waals surface area contributed by atoms with Gasteiger partial charge in [0.25, 0.3) is 11.8 Å². The van der Waals surface area contributed by atoms with Gasteiger partial charge in [0.05, 0.1) is 6.54 Å². The smallest absolute Gasteiger partial charge is 0.275 e. The number of benzene rings is 1. The number of carbonyl (C=O) groups excluding carboxylic acids is 2. The highest BCUT2D eigenvalue weighted by Crippen LogP contribution is 2.23. The molecule has 0 heterocycles. The van der Waals surface area contributed by atoms with Crippen molar-refractivity contribution in [3.63, 3.8) is 0 Å². The number of quaternary nitrogens is 1. The van der Waals surface area contributed by atoms with Crippen molar-refractivity contribution in [2.24, 2.45) is 5.92 Å². The van der Waals surface area contributed by atoms with Crippen molar-refractivity contribution in [2.75, 3.05) is 19.6 Å². The number of hydrogen-bond acceptors (Lipinski definition) is 2. The summed E-state index contributed by atoms with van der Waals surface area (Å²) in [6.45, 7) is 5.80. The topological polar surface area (TPSA) is 62.6 Å². The van der Waals surface area contributed by atoms with E-state index in [1.54, 1.807) is 12.1 Å². The van der Waals surface area contributed by atoms with Gasteiger partial charge in [-0.2, -0.15) is 0 Å². The van der Waals surface area contributed by atoms with Crippen LogP contribution in [0.3, 0.4) is 0 Å². The summed E-state index contributed by atoms with van der Waals surface area (Å²) in [5, 5.41) is 5.97. The monoisotopic (exact) mass is 364 g/mol. The Morgan fingerprint density at radius 1 is 1.12 bits per heavy atom. The number of hydrogen-bond donors (Lipinski definition) is 3. The minimum absolute atomic E-state index is 0.0203. The summed E-state index contributed by atoms with van der Waals surface area (Å²) in [4.78, 5) is 25.4. The van der Waals surface area contributed by atoms with Crippen LogP contribution < -0.4 is 15.5 Å². The van der Waals surface area contributed by atoms with Crippen LogP contribution in [-0.2, 0) is 16.1 Å².